The molecule has 2 N–H and O–H groups in total. The zero-order valence-corrected chi connectivity index (χ0v) is 8.07. The van der Waals surface area contributed by atoms with Crippen molar-refractivity contribution >= 4 is 13.3 Å². The first-order chi connectivity index (χ1) is 5.24. The molecule has 1 atom stereocenters. The first-order valence-corrected chi connectivity index (χ1v) is 4.09. The number of rotatable bonds is 2. The van der Waals surface area contributed by atoms with E-state index in [1.165, 1.54) is 12.0 Å². The van der Waals surface area contributed by atoms with E-state index in [4.69, 9.17) is 7.85 Å². The normalized spacial score (nSPS) is 11.1. The van der Waals surface area contributed by atoms with Crippen molar-refractivity contribution in [2.75, 3.05) is 0 Å². The van der Waals surface area contributed by atoms with Crippen LogP contribution in [0.15, 0.2) is 24.3 Å². The molecule has 1 unspecified atom stereocenters. The molecule has 13 heavy (non-hydrogen) atoms. The van der Waals surface area contributed by atoms with E-state index in [1.54, 1.807) is 0 Å². The van der Waals surface area contributed by atoms with Crippen LogP contribution in [0.5, 0.6) is 0 Å². The van der Waals surface area contributed by atoms with Gasteiger partial charge >= 0.3 is 69.3 Å². The van der Waals surface area contributed by atoms with Gasteiger partial charge in [0.05, 0.1) is 0 Å². The molecule has 0 aliphatic carbocycles. The standard InChI is InChI=1S/C10H13B.2H2O/c1-3-8(2)9-4-6-10(11)7-5-9;;/h4-8H,3H2,1-2H3;2*1H2/q+2;;/p-2. The Kier molecular flexibility index (Phi) is 7.57. The van der Waals surface area contributed by atoms with Crippen molar-refractivity contribution in [1.29, 1.82) is 0 Å². The van der Waals surface area contributed by atoms with E-state index in [9.17, 15) is 0 Å². The van der Waals surface area contributed by atoms with Crippen LogP contribution in [0.2, 0.25) is 0 Å². The molecule has 1 rings (SSSR count). The maximum absolute atomic E-state index is 5.57. The Hall–Kier alpha value is -0.795. The Labute approximate surface area is 81.0 Å². The van der Waals surface area contributed by atoms with Gasteiger partial charge < -0.3 is 11.0 Å². The second kappa shape index (κ2) is 6.69. The summed E-state index contributed by atoms with van der Waals surface area (Å²) in [7, 11) is 5.57. The second-order valence-electron chi connectivity index (χ2n) is 2.98. The van der Waals surface area contributed by atoms with Crippen molar-refractivity contribution < 1.29 is 11.0 Å². The summed E-state index contributed by atoms with van der Waals surface area (Å²) in [5, 5.41) is 0. The summed E-state index contributed by atoms with van der Waals surface area (Å²) in [6.07, 6.45) is 1.18. The van der Waals surface area contributed by atoms with Crippen molar-refractivity contribution in [3.63, 3.8) is 0 Å². The van der Waals surface area contributed by atoms with Crippen LogP contribution in [0.3, 0.4) is 0 Å². The van der Waals surface area contributed by atoms with E-state index in [0.29, 0.717) is 5.92 Å². The van der Waals surface area contributed by atoms with Gasteiger partial charge in [-0.3, -0.25) is 0 Å². The molecule has 0 aliphatic rings. The summed E-state index contributed by atoms with van der Waals surface area (Å²) in [4.78, 5) is 0. The first-order valence-electron chi connectivity index (χ1n) is 4.09. The minimum atomic E-state index is 0. The Balaban J connectivity index is 0. The minimum absolute atomic E-state index is 0. The SMILES string of the molecule is [B+2]c1ccc(C(C)CC)cc1.[OH-].[OH-]. The molecule has 1 aromatic carbocycles. The third-order valence-electron chi connectivity index (χ3n) is 2.12. The van der Waals surface area contributed by atoms with Gasteiger partial charge in [-0.15, -0.1) is 0 Å². The zero-order chi connectivity index (χ0) is 8.27. The first kappa shape index (κ1) is 14.7. The summed E-state index contributed by atoms with van der Waals surface area (Å²) >= 11 is 0. The molecule has 3 heteroatoms. The molecule has 0 bridgehead atoms. The quantitative estimate of drug-likeness (QED) is 0.646. The molecule has 0 saturated carbocycles. The molecule has 1 aromatic rings. The summed E-state index contributed by atoms with van der Waals surface area (Å²) in [5.41, 5.74) is 2.22. The minimum Gasteiger partial charge on any atom is -0.870 e. The maximum Gasteiger partial charge on any atom is -0.870 e. The topological polar surface area (TPSA) is 60.0 Å². The largest absolute Gasteiger partial charge is 0.870 e. The Bertz CT molecular complexity index is 221. The number of hydrogen-bond donors (Lipinski definition) is 0. The van der Waals surface area contributed by atoms with E-state index in [2.05, 4.69) is 26.0 Å². The molecule has 0 fully saturated rings. The second-order valence-corrected chi connectivity index (χ2v) is 2.98. The van der Waals surface area contributed by atoms with Crippen LogP contribution in [0.1, 0.15) is 31.7 Å². The molecule has 0 amide bonds. The van der Waals surface area contributed by atoms with Crippen LogP contribution >= 0.6 is 0 Å². The van der Waals surface area contributed by atoms with E-state index in [1.807, 2.05) is 12.1 Å². The van der Waals surface area contributed by atoms with Crippen LogP contribution < -0.4 is 5.46 Å². The van der Waals surface area contributed by atoms with E-state index in [-0.39, 0.29) is 11.0 Å². The monoisotopic (exact) mass is 178 g/mol. The van der Waals surface area contributed by atoms with Gasteiger partial charge in [-0.05, 0) is 0 Å². The third kappa shape index (κ3) is 4.11. The van der Waals surface area contributed by atoms with Crippen LogP contribution in [-0.4, -0.2) is 18.8 Å². The average Bonchev–Trinajstić information content (AvgIpc) is 2.05. The summed E-state index contributed by atoms with van der Waals surface area (Å²) in [6, 6.07) is 8.12. The average molecular weight is 178 g/mol. The molecule has 0 spiro atoms. The molecule has 2 nitrogen and oxygen atoms in total. The van der Waals surface area contributed by atoms with Crippen LogP contribution in [0.4, 0.5) is 0 Å². The number of hydrogen-bond acceptors (Lipinski definition) is 2. The fourth-order valence-electron chi connectivity index (χ4n) is 1.06. The molecular weight excluding hydrogens is 163 g/mol. The predicted molar refractivity (Wildman–Crippen MR) is 54.4 cm³/mol. The molecule has 0 saturated heterocycles. The van der Waals surface area contributed by atoms with Crippen LogP contribution in [0, 0.1) is 0 Å². The Morgan fingerprint density at radius 2 is 1.62 bits per heavy atom. The predicted octanol–water partition coefficient (Wildman–Crippen LogP) is 1.64. The van der Waals surface area contributed by atoms with E-state index >= 15 is 0 Å². The maximum atomic E-state index is 5.57. The van der Waals surface area contributed by atoms with Gasteiger partial charge in [0.1, 0.15) is 0 Å². The van der Waals surface area contributed by atoms with Gasteiger partial charge in [-0.1, -0.05) is 0 Å². The van der Waals surface area contributed by atoms with Crippen molar-refractivity contribution in [2.24, 2.45) is 0 Å². The van der Waals surface area contributed by atoms with Gasteiger partial charge in [0.25, 0.3) is 0 Å². The fraction of sp³-hybridized carbons (Fsp3) is 0.400. The van der Waals surface area contributed by atoms with Gasteiger partial charge in [0.2, 0.25) is 0 Å². The molecule has 0 heterocycles. The smallest absolute Gasteiger partial charge is 0.870 e. The van der Waals surface area contributed by atoms with E-state index < -0.39 is 0 Å². The summed E-state index contributed by atoms with van der Waals surface area (Å²) < 4.78 is 0. The molecule has 70 valence electrons. The van der Waals surface area contributed by atoms with Gasteiger partial charge in [-0.2, -0.15) is 0 Å². The summed E-state index contributed by atoms with van der Waals surface area (Å²) in [6.45, 7) is 4.42. The fourth-order valence-corrected chi connectivity index (χ4v) is 1.06. The van der Waals surface area contributed by atoms with Gasteiger partial charge in [0.15, 0.2) is 0 Å². The third-order valence-corrected chi connectivity index (χ3v) is 2.12. The van der Waals surface area contributed by atoms with Gasteiger partial charge in [-0.25, -0.2) is 0 Å². The zero-order valence-electron chi connectivity index (χ0n) is 8.07. The molecular formula is C10H15BO2. The Morgan fingerprint density at radius 1 is 1.15 bits per heavy atom. The van der Waals surface area contributed by atoms with Crippen LogP contribution in [-0.2, 0) is 0 Å². The van der Waals surface area contributed by atoms with Crippen LogP contribution in [0.25, 0.3) is 0 Å². The Morgan fingerprint density at radius 3 is 2.00 bits per heavy atom. The van der Waals surface area contributed by atoms with Crippen molar-refractivity contribution in [3.8, 4) is 0 Å². The summed E-state index contributed by atoms with van der Waals surface area (Å²) in [5.74, 6) is 0.649. The molecule has 0 aliphatic heterocycles. The van der Waals surface area contributed by atoms with Crippen molar-refractivity contribution in [3.05, 3.63) is 29.8 Å². The van der Waals surface area contributed by atoms with Gasteiger partial charge in [0, 0.05) is 0 Å². The van der Waals surface area contributed by atoms with E-state index in [0.717, 1.165) is 5.46 Å². The molecule has 0 radical (unpaired) electrons. The number of benzene rings is 1. The molecule has 0 aromatic heterocycles. The van der Waals surface area contributed by atoms with Crippen molar-refractivity contribution in [2.45, 2.75) is 26.2 Å². The van der Waals surface area contributed by atoms with Crippen molar-refractivity contribution in [1.82, 2.24) is 0 Å².